The maximum absolute atomic E-state index is 11.1. The Labute approximate surface area is 94.0 Å². The summed E-state index contributed by atoms with van der Waals surface area (Å²) < 4.78 is 5.25. The molecule has 0 saturated carbocycles. The third kappa shape index (κ3) is 3.27. The molecule has 1 aliphatic rings. The van der Waals surface area contributed by atoms with Crippen LogP contribution in [-0.2, 0) is 9.53 Å². The lowest BCUT2D eigenvalue weighted by Gasteiger charge is -2.21. The van der Waals surface area contributed by atoms with E-state index in [1.807, 2.05) is 18.2 Å². The van der Waals surface area contributed by atoms with E-state index < -0.39 is 0 Å². The average molecular weight is 222 g/mol. The maximum atomic E-state index is 11.1. The third-order valence-electron chi connectivity index (χ3n) is 2.38. The summed E-state index contributed by atoms with van der Waals surface area (Å²) in [6, 6.07) is 10.2. The van der Waals surface area contributed by atoms with Crippen molar-refractivity contribution in [1.29, 1.82) is 0 Å². The van der Waals surface area contributed by atoms with E-state index in [-0.39, 0.29) is 12.1 Å². The second-order valence-corrected chi connectivity index (χ2v) is 4.72. The van der Waals surface area contributed by atoms with Gasteiger partial charge >= 0.3 is 5.97 Å². The maximum Gasteiger partial charge on any atom is 0.306 e. The normalized spacial score (nSPS) is 21.1. The highest BCUT2D eigenvalue weighted by atomic mass is 32.2. The van der Waals surface area contributed by atoms with Gasteiger partial charge in [0, 0.05) is 17.1 Å². The van der Waals surface area contributed by atoms with Gasteiger partial charge in [0.2, 0.25) is 0 Å². The van der Waals surface area contributed by atoms with Gasteiger partial charge in [0.15, 0.2) is 0 Å². The predicted molar refractivity (Wildman–Crippen MR) is 60.9 cm³/mol. The quantitative estimate of drug-likeness (QED) is 0.581. The molecule has 0 radical (unpaired) electrons. The molecule has 1 unspecified atom stereocenters. The van der Waals surface area contributed by atoms with Gasteiger partial charge in [-0.25, -0.2) is 0 Å². The highest BCUT2D eigenvalue weighted by Crippen LogP contribution is 2.23. The highest BCUT2D eigenvalue weighted by Gasteiger charge is 2.19. The van der Waals surface area contributed by atoms with Crippen molar-refractivity contribution in [3.8, 4) is 0 Å². The number of rotatable bonds is 3. The first-order valence-electron chi connectivity index (χ1n) is 5.22. The largest absolute Gasteiger partial charge is 0.461 e. The summed E-state index contributed by atoms with van der Waals surface area (Å²) in [5.41, 5.74) is 0. The molecule has 0 spiro atoms. The van der Waals surface area contributed by atoms with Crippen LogP contribution < -0.4 is 0 Å². The molecule has 1 aliphatic heterocycles. The monoisotopic (exact) mass is 222 g/mol. The van der Waals surface area contributed by atoms with E-state index in [4.69, 9.17) is 4.74 Å². The molecule has 0 aromatic heterocycles. The zero-order valence-electron chi connectivity index (χ0n) is 8.52. The minimum absolute atomic E-state index is 0.0417. The Balaban J connectivity index is 1.80. The molecule has 1 heterocycles. The molecular weight excluding hydrogens is 208 g/mol. The van der Waals surface area contributed by atoms with E-state index in [9.17, 15) is 4.79 Å². The Kier molecular flexibility index (Phi) is 3.67. The van der Waals surface area contributed by atoms with Crippen LogP contribution in [-0.4, -0.2) is 17.8 Å². The van der Waals surface area contributed by atoms with Crippen molar-refractivity contribution in [3.63, 3.8) is 0 Å². The van der Waals surface area contributed by atoms with E-state index in [0.717, 1.165) is 18.6 Å². The molecule has 1 saturated heterocycles. The number of hydrogen-bond acceptors (Lipinski definition) is 3. The van der Waals surface area contributed by atoms with Gasteiger partial charge in [0.1, 0.15) is 6.10 Å². The molecule has 1 fully saturated rings. The smallest absolute Gasteiger partial charge is 0.306 e. The summed E-state index contributed by atoms with van der Waals surface area (Å²) in [7, 11) is 0. The second-order valence-electron chi connectivity index (χ2n) is 3.63. The summed E-state index contributed by atoms with van der Waals surface area (Å²) in [4.78, 5) is 12.3. The summed E-state index contributed by atoms with van der Waals surface area (Å²) >= 11 is 1.75. The Morgan fingerprint density at radius 2 is 2.13 bits per heavy atom. The number of esters is 1. The van der Waals surface area contributed by atoms with Crippen molar-refractivity contribution < 1.29 is 9.53 Å². The van der Waals surface area contributed by atoms with Gasteiger partial charge < -0.3 is 4.74 Å². The van der Waals surface area contributed by atoms with Gasteiger partial charge in [-0.3, -0.25) is 4.79 Å². The van der Waals surface area contributed by atoms with Crippen LogP contribution in [0.1, 0.15) is 19.3 Å². The summed E-state index contributed by atoms with van der Waals surface area (Å²) in [5, 5.41) is 0. The zero-order valence-corrected chi connectivity index (χ0v) is 9.33. The highest BCUT2D eigenvalue weighted by molar-refractivity contribution is 7.99. The number of hydrogen-bond donors (Lipinski definition) is 0. The van der Waals surface area contributed by atoms with E-state index in [1.54, 1.807) is 11.8 Å². The van der Waals surface area contributed by atoms with Crippen molar-refractivity contribution in [3.05, 3.63) is 30.3 Å². The topological polar surface area (TPSA) is 26.3 Å². The van der Waals surface area contributed by atoms with Gasteiger partial charge in [-0.2, -0.15) is 0 Å². The average Bonchev–Trinajstić information content (AvgIpc) is 2.28. The molecule has 0 N–H and O–H groups in total. The summed E-state index contributed by atoms with van der Waals surface area (Å²) in [6.45, 7) is 0. The first kappa shape index (κ1) is 10.6. The number of cyclic esters (lactones) is 1. The van der Waals surface area contributed by atoms with Crippen LogP contribution in [0.2, 0.25) is 0 Å². The fourth-order valence-corrected chi connectivity index (χ4v) is 2.56. The van der Waals surface area contributed by atoms with Crippen molar-refractivity contribution in [2.45, 2.75) is 30.3 Å². The fraction of sp³-hybridized carbons (Fsp3) is 0.417. The SMILES string of the molecule is O=C1CCCC(CSc2ccccc2)O1. The molecule has 1 aromatic carbocycles. The van der Waals surface area contributed by atoms with Crippen LogP contribution in [0.3, 0.4) is 0 Å². The molecule has 1 atom stereocenters. The van der Waals surface area contributed by atoms with Crippen LogP contribution >= 0.6 is 11.8 Å². The molecule has 80 valence electrons. The Morgan fingerprint density at radius 1 is 1.33 bits per heavy atom. The van der Waals surface area contributed by atoms with E-state index in [1.165, 1.54) is 4.90 Å². The molecule has 0 bridgehead atoms. The van der Waals surface area contributed by atoms with Crippen molar-refractivity contribution in [1.82, 2.24) is 0 Å². The van der Waals surface area contributed by atoms with Crippen molar-refractivity contribution in [2.24, 2.45) is 0 Å². The summed E-state index contributed by atoms with van der Waals surface area (Å²) in [5.74, 6) is 0.829. The van der Waals surface area contributed by atoms with Crippen molar-refractivity contribution in [2.75, 3.05) is 5.75 Å². The summed E-state index contributed by atoms with van der Waals surface area (Å²) in [6.07, 6.45) is 2.67. The molecule has 0 aliphatic carbocycles. The molecule has 0 amide bonds. The van der Waals surface area contributed by atoms with Gasteiger partial charge in [-0.1, -0.05) is 18.2 Å². The number of carbonyl (C=O) groups excluding carboxylic acids is 1. The lowest BCUT2D eigenvalue weighted by atomic mass is 10.1. The van der Waals surface area contributed by atoms with Crippen LogP contribution in [0.25, 0.3) is 0 Å². The van der Waals surface area contributed by atoms with Gasteiger partial charge in [-0.05, 0) is 25.0 Å². The lowest BCUT2D eigenvalue weighted by Crippen LogP contribution is -2.25. The van der Waals surface area contributed by atoms with Crippen LogP contribution in [0.15, 0.2) is 35.2 Å². The Morgan fingerprint density at radius 3 is 2.87 bits per heavy atom. The van der Waals surface area contributed by atoms with Crippen LogP contribution in [0, 0.1) is 0 Å². The lowest BCUT2D eigenvalue weighted by molar-refractivity contribution is -0.152. The number of benzene rings is 1. The fourth-order valence-electron chi connectivity index (χ4n) is 1.60. The van der Waals surface area contributed by atoms with Crippen molar-refractivity contribution >= 4 is 17.7 Å². The first-order chi connectivity index (χ1) is 7.34. The number of thioether (sulfide) groups is 1. The molecule has 15 heavy (non-hydrogen) atoms. The molecule has 3 heteroatoms. The van der Waals surface area contributed by atoms with E-state index >= 15 is 0 Å². The minimum Gasteiger partial charge on any atom is -0.461 e. The Bertz CT molecular complexity index is 324. The van der Waals surface area contributed by atoms with E-state index in [0.29, 0.717) is 6.42 Å². The zero-order chi connectivity index (χ0) is 10.5. The number of carbonyl (C=O) groups is 1. The molecule has 2 nitrogen and oxygen atoms in total. The van der Waals surface area contributed by atoms with Crippen LogP contribution in [0.5, 0.6) is 0 Å². The van der Waals surface area contributed by atoms with Gasteiger partial charge in [0.05, 0.1) is 0 Å². The molecule has 2 rings (SSSR count). The van der Waals surface area contributed by atoms with Gasteiger partial charge in [0.25, 0.3) is 0 Å². The second kappa shape index (κ2) is 5.21. The first-order valence-corrected chi connectivity index (χ1v) is 6.20. The minimum atomic E-state index is -0.0417. The van der Waals surface area contributed by atoms with Crippen LogP contribution in [0.4, 0.5) is 0 Å². The number of ether oxygens (including phenoxy) is 1. The third-order valence-corrected chi connectivity index (χ3v) is 3.53. The standard InChI is InChI=1S/C12H14O2S/c13-12-8-4-5-10(14-12)9-15-11-6-2-1-3-7-11/h1-3,6-7,10H,4-5,8-9H2. The predicted octanol–water partition coefficient (Wildman–Crippen LogP) is 2.87. The molecular formula is C12H14O2S. The van der Waals surface area contributed by atoms with Gasteiger partial charge in [-0.15, -0.1) is 11.8 Å². The Hall–Kier alpha value is -0.960. The molecule has 1 aromatic rings. The van der Waals surface area contributed by atoms with E-state index in [2.05, 4.69) is 12.1 Å².